The zero-order valence-corrected chi connectivity index (χ0v) is 11.5. The summed E-state index contributed by atoms with van der Waals surface area (Å²) in [7, 11) is -3.76. The minimum Gasteiger partial charge on any atom is -0.477 e. The second-order valence-corrected chi connectivity index (χ2v) is 5.85. The van der Waals surface area contributed by atoms with Crippen LogP contribution in [0.15, 0.2) is 29.6 Å². The highest BCUT2D eigenvalue weighted by Crippen LogP contribution is 2.15. The van der Waals surface area contributed by atoms with E-state index >= 15 is 0 Å². The summed E-state index contributed by atoms with van der Waals surface area (Å²) in [6.07, 6.45) is 4.38. The molecule has 0 aliphatic rings. The van der Waals surface area contributed by atoms with Crippen LogP contribution in [0.2, 0.25) is 0 Å². The first kappa shape index (κ1) is 14.3. The molecule has 0 amide bonds. The smallest absolute Gasteiger partial charge is 0.352 e. The summed E-state index contributed by atoms with van der Waals surface area (Å²) in [5.74, 6) is -1.16. The molecule has 2 aromatic heterocycles. The minimum absolute atomic E-state index is 0.0591. The van der Waals surface area contributed by atoms with Gasteiger partial charge in [0.15, 0.2) is 0 Å². The second-order valence-electron chi connectivity index (χ2n) is 4.08. The van der Waals surface area contributed by atoms with E-state index in [1.165, 1.54) is 17.0 Å². The lowest BCUT2D eigenvalue weighted by Crippen LogP contribution is -2.22. The van der Waals surface area contributed by atoms with Gasteiger partial charge in [0.1, 0.15) is 10.6 Å². The van der Waals surface area contributed by atoms with Crippen LogP contribution in [-0.4, -0.2) is 34.3 Å². The van der Waals surface area contributed by atoms with Crippen molar-refractivity contribution in [3.05, 3.63) is 35.9 Å². The van der Waals surface area contributed by atoms with Crippen molar-refractivity contribution in [1.29, 1.82) is 0 Å². The molecule has 2 rings (SSSR count). The molecule has 0 atom stereocenters. The molecule has 0 saturated heterocycles. The van der Waals surface area contributed by atoms with Crippen LogP contribution < -0.4 is 4.72 Å². The van der Waals surface area contributed by atoms with Crippen molar-refractivity contribution >= 4 is 16.0 Å². The van der Waals surface area contributed by atoms with Gasteiger partial charge >= 0.3 is 5.97 Å². The number of sulfonamides is 1. The first-order valence-electron chi connectivity index (χ1n) is 5.85. The molecule has 0 fully saturated rings. The van der Waals surface area contributed by atoms with Gasteiger partial charge in [-0.05, 0) is 13.0 Å². The minimum atomic E-state index is -3.76. The third-order valence-corrected chi connectivity index (χ3v) is 4.13. The van der Waals surface area contributed by atoms with Gasteiger partial charge in [0.2, 0.25) is 10.0 Å². The fourth-order valence-electron chi connectivity index (χ4n) is 1.71. The van der Waals surface area contributed by atoms with Crippen molar-refractivity contribution in [3.63, 3.8) is 0 Å². The molecule has 2 aromatic rings. The van der Waals surface area contributed by atoms with Crippen LogP contribution in [-0.2, 0) is 23.1 Å². The quantitative estimate of drug-likeness (QED) is 0.714. The van der Waals surface area contributed by atoms with Crippen molar-refractivity contribution in [1.82, 2.24) is 19.5 Å². The topological polar surface area (TPSA) is 117 Å². The van der Waals surface area contributed by atoms with Gasteiger partial charge in [-0.15, -0.1) is 0 Å². The van der Waals surface area contributed by atoms with Crippen LogP contribution in [0.3, 0.4) is 0 Å². The van der Waals surface area contributed by atoms with E-state index in [-0.39, 0.29) is 17.1 Å². The Bertz CT molecular complexity index is 703. The summed E-state index contributed by atoms with van der Waals surface area (Å²) in [4.78, 5) is 10.9. The van der Waals surface area contributed by atoms with Gasteiger partial charge in [-0.25, -0.2) is 17.9 Å². The molecule has 0 aromatic carbocycles. The van der Waals surface area contributed by atoms with Crippen molar-refractivity contribution in [2.24, 2.45) is 0 Å². The lowest BCUT2D eigenvalue weighted by atomic mass is 10.4. The molecule has 2 heterocycles. The maximum absolute atomic E-state index is 12.1. The van der Waals surface area contributed by atoms with Gasteiger partial charge in [0, 0.05) is 31.0 Å². The molecule has 0 saturated carbocycles. The predicted molar refractivity (Wildman–Crippen MR) is 69.7 cm³/mol. The second kappa shape index (κ2) is 5.47. The van der Waals surface area contributed by atoms with Crippen molar-refractivity contribution in [3.8, 4) is 0 Å². The number of nitrogens with one attached hydrogen (secondary N) is 2. The Morgan fingerprint density at radius 2 is 2.30 bits per heavy atom. The van der Waals surface area contributed by atoms with Crippen LogP contribution in [0.5, 0.6) is 0 Å². The molecule has 0 unspecified atom stereocenters. The van der Waals surface area contributed by atoms with E-state index in [0.29, 0.717) is 12.1 Å². The average Bonchev–Trinajstić information content (AvgIpc) is 3.05. The number of aryl methyl sites for hydroxylation is 1. The van der Waals surface area contributed by atoms with E-state index in [1.54, 1.807) is 13.1 Å². The largest absolute Gasteiger partial charge is 0.477 e. The predicted octanol–water partition coefficient (Wildman–Crippen LogP) is 0.408. The number of carboxylic acids is 1. The molecular weight excluding hydrogens is 284 g/mol. The van der Waals surface area contributed by atoms with Crippen LogP contribution in [0.4, 0.5) is 0 Å². The molecular formula is C11H14N4O4S. The first-order chi connectivity index (χ1) is 9.44. The van der Waals surface area contributed by atoms with E-state index in [0.717, 1.165) is 6.07 Å². The third kappa shape index (κ3) is 2.89. The number of rotatable bonds is 6. The van der Waals surface area contributed by atoms with Gasteiger partial charge in [-0.3, -0.25) is 5.10 Å². The van der Waals surface area contributed by atoms with Crippen molar-refractivity contribution < 1.29 is 18.3 Å². The normalized spacial score (nSPS) is 11.7. The standard InChI is InChI=1S/C11H14N4O4S/c1-2-15-7-9(3-10(15)11(16)17)20(18,19)14-6-8-4-12-13-5-8/h3-5,7,14H,2,6H2,1H3,(H,12,13)(H,16,17). The number of nitrogens with zero attached hydrogens (tertiary/aromatic N) is 2. The zero-order valence-electron chi connectivity index (χ0n) is 10.7. The summed E-state index contributed by atoms with van der Waals surface area (Å²) in [5.41, 5.74) is 0.623. The highest BCUT2D eigenvalue weighted by molar-refractivity contribution is 7.89. The van der Waals surface area contributed by atoms with E-state index in [4.69, 9.17) is 5.11 Å². The van der Waals surface area contributed by atoms with Gasteiger partial charge < -0.3 is 9.67 Å². The molecule has 0 bridgehead atoms. The maximum atomic E-state index is 12.1. The van der Waals surface area contributed by atoms with Crippen LogP contribution >= 0.6 is 0 Å². The van der Waals surface area contributed by atoms with Gasteiger partial charge in [-0.2, -0.15) is 5.10 Å². The Morgan fingerprint density at radius 3 is 2.80 bits per heavy atom. The number of hydrogen-bond donors (Lipinski definition) is 3. The molecule has 0 spiro atoms. The lowest BCUT2D eigenvalue weighted by molar-refractivity contribution is 0.0685. The maximum Gasteiger partial charge on any atom is 0.352 e. The number of aromatic nitrogens is 3. The molecule has 108 valence electrons. The third-order valence-electron chi connectivity index (χ3n) is 2.76. The van der Waals surface area contributed by atoms with E-state index in [2.05, 4.69) is 14.9 Å². The Morgan fingerprint density at radius 1 is 1.55 bits per heavy atom. The van der Waals surface area contributed by atoms with Crippen LogP contribution in [0.1, 0.15) is 23.0 Å². The number of carboxylic acid groups (broad SMARTS) is 1. The van der Waals surface area contributed by atoms with E-state index in [1.807, 2.05) is 0 Å². The Hall–Kier alpha value is -2.13. The highest BCUT2D eigenvalue weighted by Gasteiger charge is 2.20. The fraction of sp³-hybridized carbons (Fsp3) is 0.273. The Labute approximate surface area is 115 Å². The molecule has 8 nitrogen and oxygen atoms in total. The molecule has 0 radical (unpaired) electrons. The number of aromatic carboxylic acids is 1. The van der Waals surface area contributed by atoms with Crippen molar-refractivity contribution in [2.75, 3.05) is 0 Å². The van der Waals surface area contributed by atoms with Gasteiger partial charge in [0.05, 0.1) is 6.20 Å². The number of carbonyl (C=O) groups is 1. The SMILES string of the molecule is CCn1cc(S(=O)(=O)NCc2cn[nH]c2)cc1C(=O)O. The lowest BCUT2D eigenvalue weighted by Gasteiger charge is -2.02. The molecule has 9 heteroatoms. The number of hydrogen-bond acceptors (Lipinski definition) is 4. The van der Waals surface area contributed by atoms with E-state index in [9.17, 15) is 13.2 Å². The van der Waals surface area contributed by atoms with Crippen LogP contribution in [0.25, 0.3) is 0 Å². The molecule has 0 aliphatic carbocycles. The van der Waals surface area contributed by atoms with Gasteiger partial charge in [-0.1, -0.05) is 0 Å². The van der Waals surface area contributed by atoms with Crippen LogP contribution in [0, 0.1) is 0 Å². The van der Waals surface area contributed by atoms with Crippen molar-refractivity contribution in [2.45, 2.75) is 24.9 Å². The summed E-state index contributed by atoms with van der Waals surface area (Å²) in [5, 5.41) is 15.3. The van der Waals surface area contributed by atoms with E-state index < -0.39 is 16.0 Å². The Balaban J connectivity index is 2.23. The first-order valence-corrected chi connectivity index (χ1v) is 7.33. The number of H-pyrrole nitrogens is 1. The zero-order chi connectivity index (χ0) is 14.8. The Kier molecular flexibility index (Phi) is 3.91. The summed E-state index contributed by atoms with van der Waals surface area (Å²) in [6.45, 7) is 2.19. The number of aromatic amines is 1. The average molecular weight is 298 g/mol. The molecule has 0 aliphatic heterocycles. The summed E-state index contributed by atoms with van der Waals surface area (Å²) < 4.78 is 27.9. The monoisotopic (exact) mass is 298 g/mol. The molecule has 3 N–H and O–H groups in total. The summed E-state index contributed by atoms with van der Waals surface area (Å²) >= 11 is 0. The molecule has 20 heavy (non-hydrogen) atoms. The summed E-state index contributed by atoms with van der Waals surface area (Å²) in [6, 6.07) is 1.14. The fourth-order valence-corrected chi connectivity index (χ4v) is 2.76. The highest BCUT2D eigenvalue weighted by atomic mass is 32.2. The van der Waals surface area contributed by atoms with Gasteiger partial charge in [0.25, 0.3) is 0 Å².